The Morgan fingerprint density at radius 2 is 1.78 bits per heavy atom. The van der Waals surface area contributed by atoms with Crippen molar-refractivity contribution in [3.63, 3.8) is 0 Å². The van der Waals surface area contributed by atoms with Crippen LogP contribution in [0.4, 0.5) is 0 Å². The summed E-state index contributed by atoms with van der Waals surface area (Å²) >= 11 is 0. The highest BCUT2D eigenvalue weighted by atomic mass is 16.7. The van der Waals surface area contributed by atoms with Crippen LogP contribution in [0.2, 0.25) is 0 Å². The van der Waals surface area contributed by atoms with Crippen LogP contribution in [-0.4, -0.2) is 25.4 Å². The summed E-state index contributed by atoms with van der Waals surface area (Å²) in [5.74, 6) is 0. The molecule has 1 fully saturated rings. The molecule has 4 heteroatoms. The second-order valence-corrected chi connectivity index (χ2v) is 5.08. The molecule has 0 N–H and O–H groups in total. The van der Waals surface area contributed by atoms with E-state index < -0.39 is 61.7 Å². The molecule has 1 heterocycles. The summed E-state index contributed by atoms with van der Waals surface area (Å²) in [7, 11) is -4.32. The predicted molar refractivity (Wildman–Crippen MR) is 72.9 cm³/mol. The summed E-state index contributed by atoms with van der Waals surface area (Å²) in [5.41, 5.74) is -2.54. The zero-order valence-electron chi connectivity index (χ0n) is 19.8. The van der Waals surface area contributed by atoms with Gasteiger partial charge in [0.05, 0.1) is 30.1 Å². The molecule has 0 bridgehead atoms. The van der Waals surface area contributed by atoms with Crippen LogP contribution in [0, 0.1) is 0 Å². The molecule has 0 spiro atoms. The molecule has 1 aliphatic heterocycles. The van der Waals surface area contributed by atoms with Crippen LogP contribution >= 0.6 is 0 Å². The van der Waals surface area contributed by atoms with Gasteiger partial charge < -0.3 is 14.0 Å². The van der Waals surface area contributed by atoms with E-state index in [0.29, 0.717) is 0 Å². The first-order valence-electron chi connectivity index (χ1n) is 10.1. The van der Waals surface area contributed by atoms with E-state index in [2.05, 4.69) is 4.74 Å². The molecule has 98 valence electrons. The van der Waals surface area contributed by atoms with Gasteiger partial charge in [-0.15, -0.1) is 0 Å². The standard InChI is InChI=1S/C14H21BO3/c1-13(2)14(3,4)18-15(17-13)12-8-6-11(7-9-12)10-16-5/h6-9H,10H2,1-5H3/i5D3,6D,7D,8D,9D,10D2. The molecule has 0 aromatic heterocycles. The smallest absolute Gasteiger partial charge is 0.399 e. The first-order valence-corrected chi connectivity index (χ1v) is 5.58. The average Bonchev–Trinajstić information content (AvgIpc) is 2.62. The molecule has 18 heavy (non-hydrogen) atoms. The second kappa shape index (κ2) is 4.69. The van der Waals surface area contributed by atoms with Crippen molar-refractivity contribution in [2.24, 2.45) is 0 Å². The minimum Gasteiger partial charge on any atom is -0.399 e. The van der Waals surface area contributed by atoms with Crippen molar-refractivity contribution >= 4 is 12.6 Å². The summed E-state index contributed by atoms with van der Waals surface area (Å²) in [6.45, 7) is 4.00. The molecule has 1 aromatic carbocycles. The molecule has 0 atom stereocenters. The number of benzene rings is 1. The van der Waals surface area contributed by atoms with Gasteiger partial charge in [-0.2, -0.15) is 0 Å². The Bertz CT molecular complexity index is 716. The van der Waals surface area contributed by atoms with E-state index in [1.807, 2.05) is 0 Å². The van der Waals surface area contributed by atoms with Crippen LogP contribution in [-0.2, 0) is 20.6 Å². The maximum Gasteiger partial charge on any atom is 0.494 e. The van der Waals surface area contributed by atoms with Gasteiger partial charge in [0.25, 0.3) is 0 Å². The second-order valence-electron chi connectivity index (χ2n) is 5.08. The van der Waals surface area contributed by atoms with E-state index >= 15 is 0 Å². The van der Waals surface area contributed by atoms with Crippen molar-refractivity contribution < 1.29 is 26.4 Å². The zero-order chi connectivity index (χ0) is 21.2. The van der Waals surface area contributed by atoms with E-state index in [9.17, 15) is 0 Å². The summed E-state index contributed by atoms with van der Waals surface area (Å²) in [4.78, 5) is 0. The van der Waals surface area contributed by atoms with Crippen LogP contribution in [0.15, 0.2) is 24.2 Å². The van der Waals surface area contributed by atoms with Gasteiger partial charge in [-0.1, -0.05) is 24.2 Å². The number of hydrogen-bond donors (Lipinski definition) is 0. The predicted octanol–water partition coefficient (Wildman–Crippen LogP) is 2.13. The fourth-order valence-corrected chi connectivity index (χ4v) is 1.50. The summed E-state index contributed by atoms with van der Waals surface area (Å²) in [6, 6.07) is -2.67. The van der Waals surface area contributed by atoms with E-state index in [1.54, 1.807) is 27.7 Å². The molecule has 1 aromatic rings. The highest BCUT2D eigenvalue weighted by molar-refractivity contribution is 6.62. The van der Waals surface area contributed by atoms with E-state index in [4.69, 9.17) is 21.6 Å². The Morgan fingerprint density at radius 3 is 2.28 bits per heavy atom. The fourth-order valence-electron chi connectivity index (χ4n) is 1.50. The maximum absolute atomic E-state index is 8.19. The van der Waals surface area contributed by atoms with Crippen molar-refractivity contribution in [1.29, 1.82) is 0 Å². The summed E-state index contributed by atoms with van der Waals surface area (Å²) in [6.07, 6.45) is 0. The molecule has 0 amide bonds. The Hall–Kier alpha value is -0.835. The largest absolute Gasteiger partial charge is 0.494 e. The summed E-state index contributed by atoms with van der Waals surface area (Å²) in [5, 5.41) is 0. The maximum atomic E-state index is 8.19. The third-order valence-electron chi connectivity index (χ3n) is 3.29. The molecule has 0 radical (unpaired) electrons. The number of ether oxygens (including phenoxy) is 1. The third kappa shape index (κ3) is 2.46. The van der Waals surface area contributed by atoms with Crippen molar-refractivity contribution in [3.8, 4) is 0 Å². The highest BCUT2D eigenvalue weighted by Gasteiger charge is 2.51. The van der Waals surface area contributed by atoms with Gasteiger partial charge >= 0.3 is 7.12 Å². The Morgan fingerprint density at radius 1 is 1.22 bits per heavy atom. The molecule has 0 aliphatic carbocycles. The van der Waals surface area contributed by atoms with Crippen molar-refractivity contribution in [2.75, 3.05) is 7.04 Å². The quantitative estimate of drug-likeness (QED) is 0.776. The molecule has 1 saturated heterocycles. The van der Waals surface area contributed by atoms with Crippen LogP contribution in [0.3, 0.4) is 0 Å². The van der Waals surface area contributed by atoms with Crippen molar-refractivity contribution in [1.82, 2.24) is 0 Å². The van der Waals surface area contributed by atoms with Gasteiger partial charge in [-0.25, -0.2) is 0 Å². The van der Waals surface area contributed by atoms with Gasteiger partial charge in [0.15, 0.2) is 0 Å². The minimum atomic E-state index is -3.13. The first-order chi connectivity index (χ1) is 11.9. The van der Waals surface area contributed by atoms with Crippen LogP contribution in [0.5, 0.6) is 0 Å². The number of rotatable bonds is 3. The fraction of sp³-hybridized carbons (Fsp3) is 0.571. The van der Waals surface area contributed by atoms with Crippen LogP contribution in [0.25, 0.3) is 0 Å². The lowest BCUT2D eigenvalue weighted by molar-refractivity contribution is 0.00578. The van der Waals surface area contributed by atoms with Gasteiger partial charge in [0.1, 0.15) is 0 Å². The van der Waals surface area contributed by atoms with Gasteiger partial charge in [-0.05, 0) is 38.7 Å². The highest BCUT2D eigenvalue weighted by Crippen LogP contribution is 2.36. The van der Waals surface area contributed by atoms with Gasteiger partial charge in [0, 0.05) is 7.04 Å². The molecule has 3 nitrogen and oxygen atoms in total. The zero-order valence-corrected chi connectivity index (χ0v) is 10.8. The molecular formula is C14H21BO3. The lowest BCUT2D eigenvalue weighted by atomic mass is 9.79. The first kappa shape index (κ1) is 6.08. The van der Waals surface area contributed by atoms with Crippen molar-refractivity contribution in [3.05, 3.63) is 29.7 Å². The average molecular weight is 257 g/mol. The lowest BCUT2D eigenvalue weighted by Crippen LogP contribution is -2.41. The van der Waals surface area contributed by atoms with E-state index in [1.165, 1.54) is 0 Å². The van der Waals surface area contributed by atoms with E-state index in [-0.39, 0.29) is 5.46 Å². The summed E-state index contributed by atoms with van der Waals surface area (Å²) < 4.78 is 85.4. The molecule has 0 unspecified atom stereocenters. The Kier molecular flexibility index (Phi) is 1.58. The minimum absolute atomic E-state index is 0.183. The van der Waals surface area contributed by atoms with Gasteiger partial charge in [0.2, 0.25) is 0 Å². The Labute approximate surface area is 122 Å². The number of methoxy groups -OCH3 is 1. The topological polar surface area (TPSA) is 27.7 Å². The SMILES string of the molecule is [2H]c1c([2H])c(C([2H])([2H])OC([2H])([2H])[2H])c([2H])c([2H])c1B1OC(C)(C)C(C)(C)O1. The molecule has 2 rings (SSSR count). The number of hydrogen-bond acceptors (Lipinski definition) is 3. The molecule has 1 aliphatic rings. The third-order valence-corrected chi connectivity index (χ3v) is 3.29. The molecule has 0 saturated carbocycles. The monoisotopic (exact) mass is 257 g/mol. The van der Waals surface area contributed by atoms with E-state index in [0.717, 1.165) is 0 Å². The van der Waals surface area contributed by atoms with Gasteiger partial charge in [-0.3, -0.25) is 0 Å². The van der Waals surface area contributed by atoms with Crippen LogP contribution in [0.1, 0.15) is 45.6 Å². The molecular weight excluding hydrogens is 227 g/mol. The van der Waals surface area contributed by atoms with Crippen LogP contribution < -0.4 is 5.46 Å². The Balaban J connectivity index is 2.61. The van der Waals surface area contributed by atoms with Crippen molar-refractivity contribution in [2.45, 2.75) is 45.5 Å². The normalized spacial score (nSPS) is 30.0. The lowest BCUT2D eigenvalue weighted by Gasteiger charge is -2.32.